The van der Waals surface area contributed by atoms with E-state index in [0.717, 1.165) is 36.8 Å². The molecule has 25 heavy (non-hydrogen) atoms. The van der Waals surface area contributed by atoms with Crippen LogP contribution in [0.1, 0.15) is 37.8 Å². The van der Waals surface area contributed by atoms with E-state index < -0.39 is 10.0 Å². The minimum atomic E-state index is -3.48. The Morgan fingerprint density at radius 1 is 1.12 bits per heavy atom. The predicted molar refractivity (Wildman–Crippen MR) is 97.9 cm³/mol. The van der Waals surface area contributed by atoms with Gasteiger partial charge in [-0.15, -0.1) is 0 Å². The summed E-state index contributed by atoms with van der Waals surface area (Å²) >= 11 is 0. The molecule has 0 bridgehead atoms. The van der Waals surface area contributed by atoms with Crippen LogP contribution in [0.25, 0.3) is 0 Å². The van der Waals surface area contributed by atoms with Crippen molar-refractivity contribution in [1.82, 2.24) is 9.21 Å². The van der Waals surface area contributed by atoms with Crippen molar-refractivity contribution < 1.29 is 13.2 Å². The highest BCUT2D eigenvalue weighted by molar-refractivity contribution is 7.89. The molecule has 0 spiro atoms. The summed E-state index contributed by atoms with van der Waals surface area (Å²) in [6.07, 6.45) is 5.84. The van der Waals surface area contributed by atoms with Crippen LogP contribution in [0.4, 0.5) is 0 Å². The molecule has 0 atom stereocenters. The van der Waals surface area contributed by atoms with Crippen LogP contribution in [0.15, 0.2) is 34.7 Å². The third-order valence-corrected chi connectivity index (χ3v) is 6.98. The maximum atomic E-state index is 12.9. The average molecular weight is 362 g/mol. The first kappa shape index (κ1) is 18.1. The molecular weight excluding hydrogens is 336 g/mol. The first-order valence-electron chi connectivity index (χ1n) is 9.01. The summed E-state index contributed by atoms with van der Waals surface area (Å²) in [6, 6.07) is 5.52. The lowest BCUT2D eigenvalue weighted by atomic mass is 10.1. The van der Waals surface area contributed by atoms with Crippen molar-refractivity contribution in [1.29, 1.82) is 0 Å². The van der Waals surface area contributed by atoms with E-state index in [9.17, 15) is 13.2 Å². The van der Waals surface area contributed by atoms with E-state index in [1.807, 2.05) is 32.1 Å². The summed E-state index contributed by atoms with van der Waals surface area (Å²) in [5.74, 6) is 0.0106. The number of benzene rings is 1. The zero-order valence-corrected chi connectivity index (χ0v) is 15.8. The van der Waals surface area contributed by atoms with E-state index in [1.165, 1.54) is 9.87 Å². The van der Waals surface area contributed by atoms with Crippen molar-refractivity contribution in [2.24, 2.45) is 0 Å². The number of hydrogen-bond donors (Lipinski definition) is 0. The van der Waals surface area contributed by atoms with Gasteiger partial charge in [0, 0.05) is 31.8 Å². The van der Waals surface area contributed by atoms with Gasteiger partial charge in [0.2, 0.25) is 15.9 Å². The average Bonchev–Trinajstić information content (AvgIpc) is 3.09. The Morgan fingerprint density at radius 2 is 1.80 bits per heavy atom. The minimum Gasteiger partial charge on any atom is -0.336 e. The van der Waals surface area contributed by atoms with Gasteiger partial charge in [0.25, 0.3) is 0 Å². The molecule has 0 N–H and O–H groups in total. The third kappa shape index (κ3) is 3.65. The number of carbonyl (C=O) groups is 1. The van der Waals surface area contributed by atoms with Gasteiger partial charge < -0.3 is 4.90 Å². The molecule has 1 aliphatic heterocycles. The van der Waals surface area contributed by atoms with Gasteiger partial charge in [0.05, 0.1) is 4.90 Å². The number of nitrogens with zero attached hydrogens (tertiary/aromatic N) is 2. The Bertz CT molecular complexity index is 791. The quantitative estimate of drug-likeness (QED) is 0.773. The van der Waals surface area contributed by atoms with Crippen LogP contribution in [-0.2, 0) is 27.7 Å². The Balaban J connectivity index is 1.70. The molecule has 2 aliphatic rings. The second kappa shape index (κ2) is 7.30. The fourth-order valence-electron chi connectivity index (χ4n) is 3.63. The largest absolute Gasteiger partial charge is 0.336 e. The lowest BCUT2D eigenvalue weighted by Gasteiger charge is -2.34. The third-order valence-electron chi connectivity index (χ3n) is 5.08. The maximum absolute atomic E-state index is 12.9. The van der Waals surface area contributed by atoms with E-state index in [-0.39, 0.29) is 5.91 Å². The van der Waals surface area contributed by atoms with Gasteiger partial charge in [-0.05, 0) is 55.9 Å². The molecule has 0 saturated carbocycles. The van der Waals surface area contributed by atoms with Gasteiger partial charge in [0.1, 0.15) is 0 Å². The molecule has 1 saturated heterocycles. The van der Waals surface area contributed by atoms with E-state index in [1.54, 1.807) is 11.0 Å². The van der Waals surface area contributed by atoms with E-state index in [2.05, 4.69) is 0 Å². The van der Waals surface area contributed by atoms with Crippen molar-refractivity contribution in [3.8, 4) is 0 Å². The molecule has 1 aromatic rings. The lowest BCUT2D eigenvalue weighted by Crippen LogP contribution is -2.50. The Labute approximate surface area is 150 Å². The number of piperazine rings is 1. The van der Waals surface area contributed by atoms with E-state index >= 15 is 0 Å². The first-order valence-corrected chi connectivity index (χ1v) is 10.5. The number of allylic oxidation sites excluding steroid dienone is 1. The van der Waals surface area contributed by atoms with E-state index in [0.29, 0.717) is 31.1 Å². The van der Waals surface area contributed by atoms with Crippen molar-refractivity contribution in [3.63, 3.8) is 0 Å². The molecule has 1 amide bonds. The maximum Gasteiger partial charge on any atom is 0.249 e. The number of amides is 1. The number of rotatable bonds is 4. The van der Waals surface area contributed by atoms with Crippen LogP contribution in [0.2, 0.25) is 0 Å². The van der Waals surface area contributed by atoms with Gasteiger partial charge in [-0.3, -0.25) is 4.79 Å². The zero-order chi connectivity index (χ0) is 18.0. The molecule has 1 heterocycles. The zero-order valence-electron chi connectivity index (χ0n) is 15.0. The molecule has 3 rings (SSSR count). The van der Waals surface area contributed by atoms with Gasteiger partial charge in [-0.25, -0.2) is 8.42 Å². The number of fused-ring (bicyclic) bond motifs is 1. The fourth-order valence-corrected chi connectivity index (χ4v) is 5.11. The molecule has 5 nitrogen and oxygen atoms in total. The highest BCUT2D eigenvalue weighted by Crippen LogP contribution is 2.26. The second-order valence-corrected chi connectivity index (χ2v) is 8.71. The van der Waals surface area contributed by atoms with Crippen molar-refractivity contribution in [2.45, 2.75) is 44.4 Å². The Hall–Kier alpha value is -1.66. The molecule has 6 heteroatoms. The van der Waals surface area contributed by atoms with Gasteiger partial charge in [-0.1, -0.05) is 19.1 Å². The molecule has 1 fully saturated rings. The van der Waals surface area contributed by atoms with Crippen molar-refractivity contribution >= 4 is 15.9 Å². The fraction of sp³-hybridized carbons (Fsp3) is 0.526. The number of carbonyl (C=O) groups excluding carboxylic acids is 1. The van der Waals surface area contributed by atoms with Crippen LogP contribution in [0.5, 0.6) is 0 Å². The van der Waals surface area contributed by atoms with Gasteiger partial charge in [0.15, 0.2) is 0 Å². The summed E-state index contributed by atoms with van der Waals surface area (Å²) in [5, 5.41) is 0. The molecule has 0 unspecified atom stereocenters. The molecule has 136 valence electrons. The topological polar surface area (TPSA) is 57.7 Å². The van der Waals surface area contributed by atoms with Crippen molar-refractivity contribution in [2.75, 3.05) is 26.2 Å². The smallest absolute Gasteiger partial charge is 0.249 e. The number of sulfonamides is 1. The number of hydrogen-bond acceptors (Lipinski definition) is 3. The monoisotopic (exact) mass is 362 g/mol. The second-order valence-electron chi connectivity index (χ2n) is 6.78. The van der Waals surface area contributed by atoms with Gasteiger partial charge in [-0.2, -0.15) is 4.31 Å². The van der Waals surface area contributed by atoms with Crippen LogP contribution in [-0.4, -0.2) is 49.7 Å². The standard InChI is InChI=1S/C19H26N2O3S/c1-3-5-15(2)19(22)20-10-12-21(13-11-20)25(23,24)18-9-8-16-6-4-7-17(16)14-18/h5,8-9,14H,3-4,6-7,10-13H2,1-2H3/b15-5-. The minimum absolute atomic E-state index is 0.0106. The molecule has 0 aromatic heterocycles. The number of aryl methyl sites for hydroxylation is 2. The van der Waals surface area contributed by atoms with Gasteiger partial charge >= 0.3 is 0 Å². The SMILES string of the molecule is CC/C=C(/C)C(=O)N1CCN(S(=O)(=O)c2ccc3c(c2)CCC3)CC1. The molecule has 0 radical (unpaired) electrons. The summed E-state index contributed by atoms with van der Waals surface area (Å²) in [7, 11) is -3.48. The molecule has 1 aliphatic carbocycles. The Morgan fingerprint density at radius 3 is 2.48 bits per heavy atom. The normalized spacial score (nSPS) is 19.1. The summed E-state index contributed by atoms with van der Waals surface area (Å²) in [4.78, 5) is 14.5. The summed E-state index contributed by atoms with van der Waals surface area (Å²) < 4.78 is 27.3. The van der Waals surface area contributed by atoms with Crippen LogP contribution >= 0.6 is 0 Å². The molecular formula is C19H26N2O3S. The van der Waals surface area contributed by atoms with Crippen LogP contribution in [0.3, 0.4) is 0 Å². The summed E-state index contributed by atoms with van der Waals surface area (Å²) in [5.41, 5.74) is 3.17. The highest BCUT2D eigenvalue weighted by Gasteiger charge is 2.31. The lowest BCUT2D eigenvalue weighted by molar-refractivity contribution is -0.128. The predicted octanol–water partition coefficient (Wildman–Crippen LogP) is 2.36. The summed E-state index contributed by atoms with van der Waals surface area (Å²) in [6.45, 7) is 5.41. The van der Waals surface area contributed by atoms with E-state index in [4.69, 9.17) is 0 Å². The highest BCUT2D eigenvalue weighted by atomic mass is 32.2. The van der Waals surface area contributed by atoms with Crippen LogP contribution in [0, 0.1) is 0 Å². The molecule has 1 aromatic carbocycles. The first-order chi connectivity index (χ1) is 11.9. The Kier molecular flexibility index (Phi) is 5.29. The van der Waals surface area contributed by atoms with Crippen molar-refractivity contribution in [3.05, 3.63) is 41.0 Å². The van der Waals surface area contributed by atoms with Crippen LogP contribution < -0.4 is 0 Å².